The Morgan fingerprint density at radius 3 is 2.68 bits per heavy atom. The van der Waals surface area contributed by atoms with Crippen molar-refractivity contribution >= 4 is 23.2 Å². The van der Waals surface area contributed by atoms with Crippen LogP contribution in [0, 0.1) is 0 Å². The summed E-state index contributed by atoms with van der Waals surface area (Å²) in [5.74, 6) is -0.152. The molecular weight excluding hydrogens is 264 g/mol. The van der Waals surface area contributed by atoms with Gasteiger partial charge < -0.3 is 15.0 Å². The zero-order valence-corrected chi connectivity index (χ0v) is 11.3. The van der Waals surface area contributed by atoms with Gasteiger partial charge in [0, 0.05) is 22.6 Å². The molecule has 0 spiro atoms. The van der Waals surface area contributed by atoms with Crippen molar-refractivity contribution in [2.45, 2.75) is 19.6 Å². The minimum atomic E-state index is -0.599. The lowest BCUT2D eigenvalue weighted by atomic mass is 10.3. The van der Waals surface area contributed by atoms with E-state index in [-0.39, 0.29) is 12.5 Å². The average molecular weight is 279 g/mol. The number of aliphatic hydroxyl groups excluding tert-OH is 1. The first-order valence-corrected chi connectivity index (χ1v) is 6.32. The average Bonchev–Trinajstić information content (AvgIpc) is 2.80. The van der Waals surface area contributed by atoms with Crippen LogP contribution in [0.1, 0.15) is 18.7 Å². The molecule has 2 N–H and O–H groups in total. The third kappa shape index (κ3) is 3.59. The van der Waals surface area contributed by atoms with Crippen molar-refractivity contribution in [3.05, 3.63) is 53.3 Å². The molecule has 19 heavy (non-hydrogen) atoms. The predicted octanol–water partition coefficient (Wildman–Crippen LogP) is 2.83. The molecule has 0 saturated heterocycles. The Morgan fingerprint density at radius 1 is 1.37 bits per heavy atom. The molecular formula is C14H15ClN2O2. The number of aromatic nitrogens is 1. The molecule has 1 aromatic carbocycles. The Labute approximate surface area is 116 Å². The maximum atomic E-state index is 11.9. The number of amides is 1. The third-order valence-electron chi connectivity index (χ3n) is 2.73. The summed E-state index contributed by atoms with van der Waals surface area (Å²) in [6, 6.07) is 10.5. The van der Waals surface area contributed by atoms with Gasteiger partial charge in [-0.3, -0.25) is 4.79 Å². The number of rotatable bonds is 4. The van der Waals surface area contributed by atoms with E-state index in [4.69, 9.17) is 11.6 Å². The van der Waals surface area contributed by atoms with Crippen molar-refractivity contribution in [1.29, 1.82) is 0 Å². The van der Waals surface area contributed by atoms with Gasteiger partial charge in [0.25, 0.3) is 0 Å². The van der Waals surface area contributed by atoms with Gasteiger partial charge in [-0.05, 0) is 43.3 Å². The summed E-state index contributed by atoms with van der Waals surface area (Å²) in [6.45, 7) is 1.83. The smallest absolute Gasteiger partial charge is 0.244 e. The fourth-order valence-corrected chi connectivity index (χ4v) is 1.96. The molecule has 0 aliphatic carbocycles. The molecule has 2 aromatic rings. The van der Waals surface area contributed by atoms with Crippen molar-refractivity contribution in [1.82, 2.24) is 4.57 Å². The molecule has 0 aliphatic heterocycles. The van der Waals surface area contributed by atoms with Crippen LogP contribution in [0.15, 0.2) is 42.6 Å². The third-order valence-corrected chi connectivity index (χ3v) is 2.99. The number of anilines is 1. The second-order valence-electron chi connectivity index (χ2n) is 4.29. The Bertz CT molecular complexity index is 561. The molecule has 0 radical (unpaired) electrons. The topological polar surface area (TPSA) is 54.3 Å². The molecule has 0 saturated carbocycles. The Morgan fingerprint density at radius 2 is 2.05 bits per heavy atom. The molecule has 0 fully saturated rings. The summed E-state index contributed by atoms with van der Waals surface area (Å²) in [5, 5.41) is 13.0. The molecule has 0 aliphatic rings. The van der Waals surface area contributed by atoms with Gasteiger partial charge in [0.05, 0.1) is 6.10 Å². The normalized spacial score (nSPS) is 12.2. The van der Waals surface area contributed by atoms with Crippen LogP contribution in [-0.2, 0) is 11.3 Å². The van der Waals surface area contributed by atoms with E-state index in [2.05, 4.69) is 5.32 Å². The van der Waals surface area contributed by atoms with Crippen LogP contribution in [0.4, 0.5) is 5.69 Å². The van der Waals surface area contributed by atoms with Gasteiger partial charge in [-0.15, -0.1) is 0 Å². The van der Waals surface area contributed by atoms with Gasteiger partial charge in [0.2, 0.25) is 5.91 Å². The summed E-state index contributed by atoms with van der Waals surface area (Å²) in [4.78, 5) is 11.9. The van der Waals surface area contributed by atoms with Crippen molar-refractivity contribution < 1.29 is 9.90 Å². The zero-order valence-electron chi connectivity index (χ0n) is 10.5. The molecule has 1 heterocycles. The monoisotopic (exact) mass is 278 g/mol. The molecule has 100 valence electrons. The van der Waals surface area contributed by atoms with Crippen LogP contribution in [0.25, 0.3) is 0 Å². The van der Waals surface area contributed by atoms with Gasteiger partial charge >= 0.3 is 0 Å². The number of nitrogens with one attached hydrogen (secondary N) is 1. The maximum absolute atomic E-state index is 11.9. The van der Waals surface area contributed by atoms with Crippen LogP contribution in [-0.4, -0.2) is 15.6 Å². The van der Waals surface area contributed by atoms with Gasteiger partial charge in [-0.25, -0.2) is 0 Å². The van der Waals surface area contributed by atoms with E-state index in [1.165, 1.54) is 0 Å². The Balaban J connectivity index is 2.01. The van der Waals surface area contributed by atoms with E-state index in [1.807, 2.05) is 0 Å². The molecule has 1 amide bonds. The Kier molecular flexibility index (Phi) is 4.24. The summed E-state index contributed by atoms with van der Waals surface area (Å²) < 4.78 is 1.72. The lowest BCUT2D eigenvalue weighted by Crippen LogP contribution is -2.20. The van der Waals surface area contributed by atoms with Gasteiger partial charge in [0.1, 0.15) is 6.54 Å². The summed E-state index contributed by atoms with van der Waals surface area (Å²) in [7, 11) is 0. The second-order valence-corrected chi connectivity index (χ2v) is 4.73. The minimum Gasteiger partial charge on any atom is -0.387 e. The summed E-state index contributed by atoms with van der Waals surface area (Å²) in [5.41, 5.74) is 1.41. The molecule has 4 nitrogen and oxygen atoms in total. The molecule has 2 rings (SSSR count). The highest BCUT2D eigenvalue weighted by atomic mass is 35.5. The van der Waals surface area contributed by atoms with Crippen LogP contribution >= 0.6 is 11.6 Å². The van der Waals surface area contributed by atoms with E-state index >= 15 is 0 Å². The molecule has 1 unspecified atom stereocenters. The summed E-state index contributed by atoms with van der Waals surface area (Å²) >= 11 is 5.77. The lowest BCUT2D eigenvalue weighted by Gasteiger charge is -2.11. The maximum Gasteiger partial charge on any atom is 0.244 e. The van der Waals surface area contributed by atoms with Crippen molar-refractivity contribution in [2.75, 3.05) is 5.32 Å². The van der Waals surface area contributed by atoms with Crippen molar-refractivity contribution in [2.24, 2.45) is 0 Å². The number of hydrogen-bond donors (Lipinski definition) is 2. The van der Waals surface area contributed by atoms with E-state index in [0.717, 1.165) is 0 Å². The molecule has 1 aromatic heterocycles. The zero-order chi connectivity index (χ0) is 13.8. The van der Waals surface area contributed by atoms with E-state index in [1.54, 1.807) is 54.1 Å². The number of benzene rings is 1. The van der Waals surface area contributed by atoms with Crippen LogP contribution in [0.5, 0.6) is 0 Å². The fourth-order valence-electron chi connectivity index (χ4n) is 1.84. The highest BCUT2D eigenvalue weighted by Crippen LogP contribution is 2.15. The highest BCUT2D eigenvalue weighted by Gasteiger charge is 2.10. The molecule has 5 heteroatoms. The highest BCUT2D eigenvalue weighted by molar-refractivity contribution is 6.30. The van der Waals surface area contributed by atoms with Gasteiger partial charge in [0.15, 0.2) is 0 Å². The van der Waals surface area contributed by atoms with Crippen LogP contribution in [0.2, 0.25) is 5.02 Å². The lowest BCUT2D eigenvalue weighted by molar-refractivity contribution is -0.116. The number of carbonyl (C=O) groups is 1. The standard InChI is InChI=1S/C14H15ClN2O2/c1-10(18)13-3-2-8-17(13)9-14(19)16-12-6-4-11(15)5-7-12/h2-8,10,18H,9H2,1H3,(H,16,19). The van der Waals surface area contributed by atoms with Crippen LogP contribution < -0.4 is 5.32 Å². The van der Waals surface area contributed by atoms with Gasteiger partial charge in [-0.2, -0.15) is 0 Å². The number of aliphatic hydroxyl groups is 1. The van der Waals surface area contributed by atoms with Crippen molar-refractivity contribution in [3.8, 4) is 0 Å². The predicted molar refractivity (Wildman–Crippen MR) is 75.1 cm³/mol. The molecule has 1 atom stereocenters. The number of carbonyl (C=O) groups excluding carboxylic acids is 1. The number of halogens is 1. The fraction of sp³-hybridized carbons (Fsp3) is 0.214. The number of hydrogen-bond acceptors (Lipinski definition) is 2. The minimum absolute atomic E-state index is 0.152. The van der Waals surface area contributed by atoms with Crippen molar-refractivity contribution in [3.63, 3.8) is 0 Å². The summed E-state index contributed by atoms with van der Waals surface area (Å²) in [6.07, 6.45) is 1.17. The second kappa shape index (κ2) is 5.91. The van der Waals surface area contributed by atoms with E-state index < -0.39 is 6.10 Å². The first-order valence-electron chi connectivity index (χ1n) is 5.95. The SMILES string of the molecule is CC(O)c1cccn1CC(=O)Nc1ccc(Cl)cc1. The van der Waals surface area contributed by atoms with E-state index in [0.29, 0.717) is 16.4 Å². The first-order chi connectivity index (χ1) is 9.06. The molecule has 0 bridgehead atoms. The first kappa shape index (κ1) is 13.6. The van der Waals surface area contributed by atoms with Crippen LogP contribution in [0.3, 0.4) is 0 Å². The Hall–Kier alpha value is -1.78. The largest absolute Gasteiger partial charge is 0.387 e. The quantitative estimate of drug-likeness (QED) is 0.903. The van der Waals surface area contributed by atoms with E-state index in [9.17, 15) is 9.90 Å². The number of nitrogens with zero attached hydrogens (tertiary/aromatic N) is 1. The van der Waals surface area contributed by atoms with Gasteiger partial charge in [-0.1, -0.05) is 11.6 Å².